The number of nitrogens with zero attached hydrogens (tertiary/aromatic N) is 3. The Labute approximate surface area is 96.8 Å². The van der Waals surface area contributed by atoms with Crippen molar-refractivity contribution in [2.45, 2.75) is 6.54 Å². The Kier molecular flexibility index (Phi) is 2.42. The third-order valence-electron chi connectivity index (χ3n) is 2.25. The Morgan fingerprint density at radius 2 is 2.06 bits per heavy atom. The molecule has 5 nitrogen and oxygen atoms in total. The van der Waals surface area contributed by atoms with E-state index >= 15 is 0 Å². The molecule has 0 atom stereocenters. The molecule has 0 aliphatic heterocycles. The van der Waals surface area contributed by atoms with E-state index in [1.54, 1.807) is 6.26 Å². The van der Waals surface area contributed by atoms with E-state index in [-0.39, 0.29) is 6.01 Å². The lowest BCUT2D eigenvalue weighted by atomic mass is 10.3. The fourth-order valence-corrected chi connectivity index (χ4v) is 1.47. The van der Waals surface area contributed by atoms with Gasteiger partial charge in [-0.05, 0) is 24.3 Å². The number of oxazole rings is 1. The first-order valence-electron chi connectivity index (χ1n) is 5.17. The van der Waals surface area contributed by atoms with Crippen molar-refractivity contribution < 1.29 is 8.83 Å². The maximum atomic E-state index is 5.39. The van der Waals surface area contributed by atoms with Gasteiger partial charge in [-0.2, -0.15) is 10.1 Å². The van der Waals surface area contributed by atoms with Crippen LogP contribution in [-0.2, 0) is 6.54 Å². The first-order chi connectivity index (χ1) is 8.42. The van der Waals surface area contributed by atoms with Crippen LogP contribution in [0, 0.1) is 0 Å². The molecule has 0 unspecified atom stereocenters. The van der Waals surface area contributed by atoms with Gasteiger partial charge >= 0.3 is 6.01 Å². The topological polar surface area (TPSA) is 63.9 Å². The molecule has 0 spiro atoms. The van der Waals surface area contributed by atoms with Gasteiger partial charge in [0.1, 0.15) is 17.8 Å². The van der Waals surface area contributed by atoms with Crippen molar-refractivity contribution in [3.8, 4) is 0 Å². The quantitative estimate of drug-likeness (QED) is 0.640. The van der Waals surface area contributed by atoms with Crippen LogP contribution in [0.4, 0.5) is 6.01 Å². The van der Waals surface area contributed by atoms with Crippen molar-refractivity contribution in [3.05, 3.63) is 48.4 Å². The molecule has 0 bridgehead atoms. The number of fused-ring (bicyclic) bond motifs is 1. The third kappa shape index (κ3) is 2.08. The minimum atomic E-state index is 0.262. The summed E-state index contributed by atoms with van der Waals surface area (Å²) < 4.78 is 10.5. The van der Waals surface area contributed by atoms with Crippen LogP contribution in [0.2, 0.25) is 0 Å². The van der Waals surface area contributed by atoms with E-state index in [0.29, 0.717) is 12.1 Å². The van der Waals surface area contributed by atoms with Crippen molar-refractivity contribution in [3.63, 3.8) is 0 Å². The number of azo groups is 1. The Morgan fingerprint density at radius 1 is 1.12 bits per heavy atom. The zero-order valence-corrected chi connectivity index (χ0v) is 8.91. The highest BCUT2D eigenvalue weighted by Crippen LogP contribution is 2.20. The number of hydrogen-bond acceptors (Lipinski definition) is 5. The lowest BCUT2D eigenvalue weighted by Gasteiger charge is -1.85. The van der Waals surface area contributed by atoms with Gasteiger partial charge in [0.2, 0.25) is 0 Å². The molecule has 0 saturated heterocycles. The van der Waals surface area contributed by atoms with Crippen LogP contribution in [0.15, 0.2) is 61.7 Å². The second kappa shape index (κ2) is 4.21. The summed E-state index contributed by atoms with van der Waals surface area (Å²) in [6.07, 6.45) is 1.60. The standard InChI is InChI=1S/C12H9N3O2/c1-2-6-11-10(5-1)14-12(17-11)15-13-8-9-4-3-7-16-9/h1-7H,8H2. The van der Waals surface area contributed by atoms with Crippen LogP contribution in [-0.4, -0.2) is 4.98 Å². The number of hydrogen-bond donors (Lipinski definition) is 0. The highest BCUT2D eigenvalue weighted by Gasteiger charge is 2.02. The Balaban J connectivity index is 1.78. The second-order valence-electron chi connectivity index (χ2n) is 3.44. The van der Waals surface area contributed by atoms with Gasteiger partial charge < -0.3 is 8.83 Å². The van der Waals surface area contributed by atoms with Crippen LogP contribution in [0.5, 0.6) is 0 Å². The Bertz CT molecular complexity index is 608. The average molecular weight is 227 g/mol. The molecule has 0 fully saturated rings. The van der Waals surface area contributed by atoms with E-state index in [0.717, 1.165) is 11.3 Å². The first kappa shape index (κ1) is 9.77. The molecule has 3 rings (SSSR count). The molecule has 0 aliphatic carbocycles. The van der Waals surface area contributed by atoms with Gasteiger partial charge in [0.05, 0.1) is 6.26 Å². The van der Waals surface area contributed by atoms with Crippen LogP contribution >= 0.6 is 0 Å². The molecule has 17 heavy (non-hydrogen) atoms. The number of rotatable bonds is 3. The van der Waals surface area contributed by atoms with Crippen LogP contribution in [0.25, 0.3) is 11.1 Å². The highest BCUT2D eigenvalue weighted by atomic mass is 16.4. The van der Waals surface area contributed by atoms with E-state index in [2.05, 4.69) is 15.2 Å². The van der Waals surface area contributed by atoms with Crippen LogP contribution < -0.4 is 0 Å². The Hall–Kier alpha value is -2.43. The summed E-state index contributed by atoms with van der Waals surface area (Å²) in [4.78, 5) is 4.17. The molecule has 84 valence electrons. The van der Waals surface area contributed by atoms with Crippen molar-refractivity contribution in [1.82, 2.24) is 4.98 Å². The van der Waals surface area contributed by atoms with Gasteiger partial charge in [-0.3, -0.25) is 0 Å². The maximum absolute atomic E-state index is 5.39. The van der Waals surface area contributed by atoms with Crippen molar-refractivity contribution >= 4 is 17.1 Å². The van der Waals surface area contributed by atoms with Gasteiger partial charge in [-0.25, -0.2) is 0 Å². The number of para-hydroxylation sites is 2. The zero-order valence-electron chi connectivity index (χ0n) is 8.91. The van der Waals surface area contributed by atoms with Gasteiger partial charge in [-0.1, -0.05) is 17.2 Å². The fourth-order valence-electron chi connectivity index (χ4n) is 1.47. The van der Waals surface area contributed by atoms with E-state index in [9.17, 15) is 0 Å². The summed E-state index contributed by atoms with van der Waals surface area (Å²) in [5.74, 6) is 0.755. The van der Waals surface area contributed by atoms with Crippen molar-refractivity contribution in [2.24, 2.45) is 10.2 Å². The second-order valence-corrected chi connectivity index (χ2v) is 3.44. The molecule has 0 saturated carbocycles. The molecule has 0 amide bonds. The average Bonchev–Trinajstić information content (AvgIpc) is 2.96. The largest absolute Gasteiger partial charge is 0.467 e. The Morgan fingerprint density at radius 3 is 2.88 bits per heavy atom. The first-order valence-corrected chi connectivity index (χ1v) is 5.17. The van der Waals surface area contributed by atoms with E-state index < -0.39 is 0 Å². The molecule has 0 aliphatic rings. The molecule has 5 heteroatoms. The summed E-state index contributed by atoms with van der Waals surface area (Å²) in [5.41, 5.74) is 1.49. The highest BCUT2D eigenvalue weighted by molar-refractivity contribution is 5.73. The van der Waals surface area contributed by atoms with E-state index in [1.165, 1.54) is 0 Å². The van der Waals surface area contributed by atoms with Crippen molar-refractivity contribution in [2.75, 3.05) is 0 Å². The third-order valence-corrected chi connectivity index (χ3v) is 2.25. The summed E-state index contributed by atoms with van der Waals surface area (Å²) in [6.45, 7) is 0.381. The smallest absolute Gasteiger partial charge is 0.341 e. The minimum absolute atomic E-state index is 0.262. The molecule has 1 aromatic carbocycles. The molecule has 0 N–H and O–H groups in total. The number of aromatic nitrogens is 1. The predicted octanol–water partition coefficient (Wildman–Crippen LogP) is 3.70. The van der Waals surface area contributed by atoms with Crippen molar-refractivity contribution in [1.29, 1.82) is 0 Å². The summed E-state index contributed by atoms with van der Waals surface area (Å²) in [7, 11) is 0. The van der Waals surface area contributed by atoms with Gasteiger partial charge in [0, 0.05) is 0 Å². The summed E-state index contributed by atoms with van der Waals surface area (Å²) in [5, 5.41) is 7.86. The van der Waals surface area contributed by atoms with Gasteiger partial charge in [-0.15, -0.1) is 0 Å². The van der Waals surface area contributed by atoms with Crippen LogP contribution in [0.1, 0.15) is 5.76 Å². The lowest BCUT2D eigenvalue weighted by molar-refractivity contribution is 0.507. The normalized spacial score (nSPS) is 11.5. The predicted molar refractivity (Wildman–Crippen MR) is 60.9 cm³/mol. The minimum Gasteiger partial charge on any atom is -0.467 e. The van der Waals surface area contributed by atoms with Gasteiger partial charge in [0.25, 0.3) is 0 Å². The number of benzene rings is 1. The monoisotopic (exact) mass is 227 g/mol. The van der Waals surface area contributed by atoms with Gasteiger partial charge in [0.15, 0.2) is 5.58 Å². The summed E-state index contributed by atoms with van der Waals surface area (Å²) >= 11 is 0. The maximum Gasteiger partial charge on any atom is 0.341 e. The molecular formula is C12H9N3O2. The molecular weight excluding hydrogens is 218 g/mol. The molecule has 2 heterocycles. The molecule has 2 aromatic heterocycles. The number of furan rings is 1. The van der Waals surface area contributed by atoms with Crippen LogP contribution in [0.3, 0.4) is 0 Å². The molecule has 0 radical (unpaired) electrons. The molecule has 3 aromatic rings. The summed E-state index contributed by atoms with van der Waals surface area (Å²) in [6, 6.07) is 11.4. The van der Waals surface area contributed by atoms with E-state index in [1.807, 2.05) is 36.4 Å². The SMILES string of the molecule is c1coc(CN=Nc2nc3ccccc3o2)c1. The fraction of sp³-hybridized carbons (Fsp3) is 0.0833. The lowest BCUT2D eigenvalue weighted by Crippen LogP contribution is -1.72. The zero-order chi connectivity index (χ0) is 11.5. The van der Waals surface area contributed by atoms with E-state index in [4.69, 9.17) is 8.83 Å².